The fourth-order valence-electron chi connectivity index (χ4n) is 3.21. The topological polar surface area (TPSA) is 103 Å². The molecule has 2 aromatic heterocycles. The first-order chi connectivity index (χ1) is 13.9. The molecular formula is C20H15ClN4O4. The number of aromatic amines is 1. The van der Waals surface area contributed by atoms with Crippen LogP contribution in [0.15, 0.2) is 53.3 Å². The number of nitrogens with zero attached hydrogens (tertiary/aromatic N) is 3. The number of nitrogens with one attached hydrogen (secondary N) is 1. The molecule has 0 saturated carbocycles. The van der Waals surface area contributed by atoms with Gasteiger partial charge in [-0.2, -0.15) is 0 Å². The Morgan fingerprint density at radius 1 is 1.14 bits per heavy atom. The van der Waals surface area contributed by atoms with Gasteiger partial charge in [0.15, 0.2) is 5.65 Å². The van der Waals surface area contributed by atoms with Gasteiger partial charge in [0.25, 0.3) is 11.2 Å². The number of hydrogen-bond acceptors (Lipinski definition) is 5. The highest BCUT2D eigenvalue weighted by Crippen LogP contribution is 2.34. The van der Waals surface area contributed by atoms with Crippen LogP contribution in [0.1, 0.15) is 5.69 Å². The van der Waals surface area contributed by atoms with Crippen LogP contribution in [0.2, 0.25) is 5.02 Å². The maximum atomic E-state index is 12.7. The van der Waals surface area contributed by atoms with Crippen LogP contribution in [0.25, 0.3) is 28.0 Å². The van der Waals surface area contributed by atoms with E-state index in [0.717, 1.165) is 16.8 Å². The Hall–Kier alpha value is -3.65. The molecule has 0 aliphatic carbocycles. The molecule has 0 bridgehead atoms. The van der Waals surface area contributed by atoms with Crippen molar-refractivity contribution < 1.29 is 9.66 Å². The minimum Gasteiger partial charge on any atom is -0.495 e. The molecule has 2 heterocycles. The summed E-state index contributed by atoms with van der Waals surface area (Å²) in [6.07, 6.45) is 0. The number of benzene rings is 2. The molecule has 0 atom stereocenters. The second-order valence-electron chi connectivity index (χ2n) is 6.40. The highest BCUT2D eigenvalue weighted by Gasteiger charge is 2.17. The average Bonchev–Trinajstić information content (AvgIpc) is 3.05. The van der Waals surface area contributed by atoms with Gasteiger partial charge in [0, 0.05) is 35.0 Å². The molecule has 0 aliphatic rings. The van der Waals surface area contributed by atoms with Crippen molar-refractivity contribution in [1.82, 2.24) is 14.6 Å². The van der Waals surface area contributed by atoms with Crippen LogP contribution in [0, 0.1) is 17.0 Å². The molecule has 0 amide bonds. The minimum absolute atomic E-state index is 0.0296. The standard InChI is InChI=1S/C20H15ClN4O4/c1-11-19(13-5-8-15(21)17(9-13)29-2)20-22-16(10-18(26)24(20)23-11)12-3-6-14(7-4-12)25(27)28/h3-10,23H,1-2H3. The molecule has 8 nitrogen and oxygen atoms in total. The lowest BCUT2D eigenvalue weighted by Gasteiger charge is -2.07. The number of hydrogen-bond donors (Lipinski definition) is 1. The number of fused-ring (bicyclic) bond motifs is 1. The highest BCUT2D eigenvalue weighted by atomic mass is 35.5. The zero-order chi connectivity index (χ0) is 20.7. The SMILES string of the molecule is COc1cc(-c2c(C)[nH]n3c(=O)cc(-c4ccc([N+](=O)[O-])cc4)nc23)ccc1Cl. The van der Waals surface area contributed by atoms with Gasteiger partial charge in [-0.15, -0.1) is 0 Å². The van der Waals surface area contributed by atoms with E-state index in [1.165, 1.54) is 29.8 Å². The van der Waals surface area contributed by atoms with Crippen LogP contribution >= 0.6 is 11.6 Å². The first kappa shape index (κ1) is 18.7. The Balaban J connectivity index is 1.92. The third-order valence-electron chi connectivity index (χ3n) is 4.61. The number of aryl methyl sites for hydroxylation is 1. The molecule has 0 fully saturated rings. The lowest BCUT2D eigenvalue weighted by molar-refractivity contribution is -0.384. The second kappa shape index (κ2) is 7.06. The number of non-ortho nitro benzene ring substituents is 1. The largest absolute Gasteiger partial charge is 0.495 e. The fourth-order valence-corrected chi connectivity index (χ4v) is 3.41. The van der Waals surface area contributed by atoms with Gasteiger partial charge in [0.1, 0.15) is 5.75 Å². The molecule has 0 unspecified atom stereocenters. The zero-order valence-corrected chi connectivity index (χ0v) is 16.2. The first-order valence-corrected chi connectivity index (χ1v) is 8.98. The van der Waals surface area contributed by atoms with E-state index >= 15 is 0 Å². The van der Waals surface area contributed by atoms with Crippen LogP contribution in [-0.4, -0.2) is 26.6 Å². The number of ether oxygens (including phenoxy) is 1. The monoisotopic (exact) mass is 410 g/mol. The van der Waals surface area contributed by atoms with Crippen molar-refractivity contribution in [2.24, 2.45) is 0 Å². The number of nitro groups is 1. The van der Waals surface area contributed by atoms with E-state index in [9.17, 15) is 14.9 Å². The Bertz CT molecular complexity index is 1310. The van der Waals surface area contributed by atoms with Gasteiger partial charge in [-0.25, -0.2) is 9.50 Å². The van der Waals surface area contributed by atoms with Gasteiger partial charge in [-0.3, -0.25) is 20.0 Å². The second-order valence-corrected chi connectivity index (χ2v) is 6.81. The quantitative estimate of drug-likeness (QED) is 0.400. The number of halogens is 1. The lowest BCUT2D eigenvalue weighted by atomic mass is 10.1. The van der Waals surface area contributed by atoms with Crippen molar-refractivity contribution in [3.8, 4) is 28.1 Å². The molecule has 0 saturated heterocycles. The molecule has 0 radical (unpaired) electrons. The molecular weight excluding hydrogens is 396 g/mol. The molecule has 4 aromatic rings. The van der Waals surface area contributed by atoms with Crippen molar-refractivity contribution in [2.45, 2.75) is 6.92 Å². The molecule has 0 spiro atoms. The maximum Gasteiger partial charge on any atom is 0.273 e. The van der Waals surface area contributed by atoms with E-state index < -0.39 is 4.92 Å². The zero-order valence-electron chi connectivity index (χ0n) is 15.5. The number of rotatable bonds is 4. The van der Waals surface area contributed by atoms with E-state index in [1.807, 2.05) is 13.0 Å². The van der Waals surface area contributed by atoms with Gasteiger partial charge < -0.3 is 4.74 Å². The molecule has 29 heavy (non-hydrogen) atoms. The smallest absolute Gasteiger partial charge is 0.273 e. The summed E-state index contributed by atoms with van der Waals surface area (Å²) in [7, 11) is 1.53. The first-order valence-electron chi connectivity index (χ1n) is 8.60. The summed E-state index contributed by atoms with van der Waals surface area (Å²) in [6, 6.07) is 12.6. The van der Waals surface area contributed by atoms with Crippen LogP contribution in [0.5, 0.6) is 5.75 Å². The molecule has 0 aliphatic heterocycles. The van der Waals surface area contributed by atoms with Gasteiger partial charge in [0.2, 0.25) is 0 Å². The normalized spacial score (nSPS) is 11.0. The predicted octanol–water partition coefficient (Wildman–Crippen LogP) is 4.24. The molecule has 1 N–H and O–H groups in total. The Labute approximate surface area is 169 Å². The molecule has 146 valence electrons. The van der Waals surface area contributed by atoms with E-state index in [2.05, 4.69) is 10.1 Å². The fraction of sp³-hybridized carbons (Fsp3) is 0.100. The Morgan fingerprint density at radius 2 is 1.83 bits per heavy atom. The summed E-state index contributed by atoms with van der Waals surface area (Å²) < 4.78 is 6.66. The van der Waals surface area contributed by atoms with Gasteiger partial charge in [-0.05, 0) is 36.8 Å². The van der Waals surface area contributed by atoms with Crippen molar-refractivity contribution in [3.05, 3.63) is 79.7 Å². The summed E-state index contributed by atoms with van der Waals surface area (Å²) >= 11 is 6.13. The van der Waals surface area contributed by atoms with E-state index in [1.54, 1.807) is 24.3 Å². The minimum atomic E-state index is -0.475. The lowest BCUT2D eigenvalue weighted by Crippen LogP contribution is -2.14. The van der Waals surface area contributed by atoms with Gasteiger partial charge >= 0.3 is 0 Å². The van der Waals surface area contributed by atoms with Crippen LogP contribution in [0.4, 0.5) is 5.69 Å². The van der Waals surface area contributed by atoms with E-state index in [0.29, 0.717) is 27.7 Å². The van der Waals surface area contributed by atoms with Crippen molar-refractivity contribution in [1.29, 1.82) is 0 Å². The van der Waals surface area contributed by atoms with Gasteiger partial charge in [-0.1, -0.05) is 17.7 Å². The highest BCUT2D eigenvalue weighted by molar-refractivity contribution is 6.32. The van der Waals surface area contributed by atoms with Crippen molar-refractivity contribution >= 4 is 22.9 Å². The van der Waals surface area contributed by atoms with Crippen LogP contribution in [0.3, 0.4) is 0 Å². The third kappa shape index (κ3) is 3.23. The van der Waals surface area contributed by atoms with E-state index in [-0.39, 0.29) is 11.2 Å². The molecule has 4 rings (SSSR count). The van der Waals surface area contributed by atoms with Crippen LogP contribution < -0.4 is 10.3 Å². The summed E-state index contributed by atoms with van der Waals surface area (Å²) in [5, 5.41) is 14.4. The number of nitro benzene ring substituents is 1. The number of aromatic nitrogens is 3. The summed E-state index contributed by atoms with van der Waals surface area (Å²) in [5.74, 6) is 0.511. The van der Waals surface area contributed by atoms with E-state index in [4.69, 9.17) is 16.3 Å². The Morgan fingerprint density at radius 3 is 2.48 bits per heavy atom. The molecule has 2 aromatic carbocycles. The predicted molar refractivity (Wildman–Crippen MR) is 110 cm³/mol. The Kier molecular flexibility index (Phi) is 4.56. The number of methoxy groups -OCH3 is 1. The average molecular weight is 411 g/mol. The van der Waals surface area contributed by atoms with Crippen molar-refractivity contribution in [3.63, 3.8) is 0 Å². The molecule has 9 heteroatoms. The third-order valence-corrected chi connectivity index (χ3v) is 4.92. The summed E-state index contributed by atoms with van der Waals surface area (Å²) in [6.45, 7) is 1.84. The number of H-pyrrole nitrogens is 1. The summed E-state index contributed by atoms with van der Waals surface area (Å²) in [4.78, 5) is 27.7. The van der Waals surface area contributed by atoms with Gasteiger partial charge in [0.05, 0.1) is 22.7 Å². The maximum absolute atomic E-state index is 12.7. The summed E-state index contributed by atoms with van der Waals surface area (Å²) in [5.41, 5.74) is 3.42. The van der Waals surface area contributed by atoms with Crippen molar-refractivity contribution in [2.75, 3.05) is 7.11 Å². The van der Waals surface area contributed by atoms with Crippen LogP contribution in [-0.2, 0) is 0 Å².